The Bertz CT molecular complexity index is 175. The Hall–Kier alpha value is -0.510. The number of carboxylic acid groups (broad SMARTS) is 1. The Morgan fingerprint density at radius 1 is 1.33 bits per heavy atom. The topological polar surface area (TPSA) is 54.4 Å². The van der Waals surface area contributed by atoms with Crippen LogP contribution in [-0.4, -0.2) is 22.1 Å². The quantitative estimate of drug-likeness (QED) is 0.518. The monoisotopic (exact) mass is 190 g/mol. The van der Waals surface area contributed by atoms with Crippen LogP contribution in [-0.2, 0) is 9.59 Å². The number of hydrogen-bond acceptors (Lipinski definition) is 3. The number of carbonyl (C=O) groups is 2. The lowest BCUT2D eigenvalue weighted by Gasteiger charge is -2.19. The summed E-state index contributed by atoms with van der Waals surface area (Å²) >= 11 is 4.10. The van der Waals surface area contributed by atoms with E-state index < -0.39 is 17.1 Å². The predicted molar refractivity (Wildman–Crippen MR) is 49.4 cm³/mol. The number of thiol groups is 1. The molecule has 2 atom stereocenters. The maximum atomic E-state index is 10.9. The summed E-state index contributed by atoms with van der Waals surface area (Å²) < 4.78 is 0. The van der Waals surface area contributed by atoms with Crippen molar-refractivity contribution in [2.45, 2.75) is 26.0 Å². The van der Waals surface area contributed by atoms with E-state index in [1.54, 1.807) is 0 Å². The fraction of sp³-hybridized carbons (Fsp3) is 0.750. The summed E-state index contributed by atoms with van der Waals surface area (Å²) in [6.07, 6.45) is 0. The number of aliphatic carboxylic acids is 1. The van der Waals surface area contributed by atoms with E-state index in [4.69, 9.17) is 5.11 Å². The summed E-state index contributed by atoms with van der Waals surface area (Å²) in [6, 6.07) is 0. The third-order valence-corrected chi connectivity index (χ3v) is 2.62. The van der Waals surface area contributed by atoms with Crippen molar-refractivity contribution in [3.8, 4) is 0 Å². The fourth-order valence-corrected chi connectivity index (χ4v) is 1.28. The molecule has 0 aromatic heterocycles. The van der Waals surface area contributed by atoms with Gasteiger partial charge in [0.25, 0.3) is 0 Å². The highest BCUT2D eigenvalue weighted by Crippen LogP contribution is 2.20. The molecule has 0 saturated heterocycles. The van der Waals surface area contributed by atoms with Crippen molar-refractivity contribution in [1.82, 2.24) is 0 Å². The summed E-state index contributed by atoms with van der Waals surface area (Å²) in [4.78, 5) is 21.5. The molecule has 0 rings (SSSR count). The van der Waals surface area contributed by atoms with Gasteiger partial charge < -0.3 is 5.11 Å². The number of ketones is 1. The second-order valence-corrected chi connectivity index (χ2v) is 3.76. The van der Waals surface area contributed by atoms with Crippen LogP contribution in [0.25, 0.3) is 0 Å². The average Bonchev–Trinajstić information content (AvgIpc) is 1.85. The molecule has 0 aromatic rings. The Balaban J connectivity index is 4.52. The Morgan fingerprint density at radius 2 is 1.75 bits per heavy atom. The van der Waals surface area contributed by atoms with E-state index in [9.17, 15) is 9.59 Å². The van der Waals surface area contributed by atoms with Crippen LogP contribution in [0.4, 0.5) is 0 Å². The lowest BCUT2D eigenvalue weighted by molar-refractivity contribution is -0.146. The smallest absolute Gasteiger partial charge is 0.315 e. The minimum atomic E-state index is -1.09. The van der Waals surface area contributed by atoms with Gasteiger partial charge in [0.1, 0.15) is 11.7 Å². The molecule has 70 valence electrons. The minimum Gasteiger partial charge on any atom is -0.481 e. The third kappa shape index (κ3) is 2.85. The summed E-state index contributed by atoms with van der Waals surface area (Å²) in [6.45, 7) is 4.97. The van der Waals surface area contributed by atoms with Crippen LogP contribution in [0.2, 0.25) is 0 Å². The zero-order chi connectivity index (χ0) is 9.89. The van der Waals surface area contributed by atoms with Gasteiger partial charge in [-0.25, -0.2) is 0 Å². The summed E-state index contributed by atoms with van der Waals surface area (Å²) in [5.41, 5.74) is 0. The molecule has 3 nitrogen and oxygen atoms in total. The molecule has 0 radical (unpaired) electrons. The van der Waals surface area contributed by atoms with Crippen LogP contribution >= 0.6 is 12.6 Å². The molecule has 0 aliphatic heterocycles. The first kappa shape index (κ1) is 11.5. The number of Topliss-reactive ketones (excluding diaryl/α,β-unsaturated/α-hetero) is 1. The van der Waals surface area contributed by atoms with Gasteiger partial charge in [0.05, 0.1) is 0 Å². The predicted octanol–water partition coefficient (Wildman–Crippen LogP) is 1.23. The lowest BCUT2D eigenvalue weighted by atomic mass is 9.93. The van der Waals surface area contributed by atoms with Crippen LogP contribution < -0.4 is 0 Å². The molecule has 0 bridgehead atoms. The van der Waals surface area contributed by atoms with Crippen molar-refractivity contribution < 1.29 is 14.7 Å². The molecular formula is C8H14O3S. The average molecular weight is 190 g/mol. The van der Waals surface area contributed by atoms with E-state index in [1.165, 1.54) is 6.92 Å². The van der Waals surface area contributed by atoms with E-state index in [-0.39, 0.29) is 11.7 Å². The zero-order valence-corrected chi connectivity index (χ0v) is 8.34. The number of carbonyl (C=O) groups excluding carboxylic acids is 1. The van der Waals surface area contributed by atoms with Crippen molar-refractivity contribution in [2.24, 2.45) is 11.8 Å². The second-order valence-electron chi connectivity index (χ2n) is 3.16. The summed E-state index contributed by atoms with van der Waals surface area (Å²) in [7, 11) is 0. The van der Waals surface area contributed by atoms with Gasteiger partial charge >= 0.3 is 5.97 Å². The van der Waals surface area contributed by atoms with Gasteiger partial charge in [-0.05, 0) is 12.8 Å². The number of rotatable bonds is 4. The van der Waals surface area contributed by atoms with Crippen molar-refractivity contribution in [3.05, 3.63) is 0 Å². The van der Waals surface area contributed by atoms with Gasteiger partial charge in [0.15, 0.2) is 0 Å². The van der Waals surface area contributed by atoms with E-state index in [2.05, 4.69) is 12.6 Å². The molecule has 12 heavy (non-hydrogen) atoms. The first-order chi connectivity index (χ1) is 5.37. The third-order valence-electron chi connectivity index (χ3n) is 1.73. The van der Waals surface area contributed by atoms with Gasteiger partial charge in [-0.3, -0.25) is 9.59 Å². The number of hydrogen-bond donors (Lipinski definition) is 2. The Morgan fingerprint density at radius 3 is 1.83 bits per heavy atom. The first-order valence-electron chi connectivity index (χ1n) is 3.79. The highest BCUT2D eigenvalue weighted by molar-refractivity contribution is 7.81. The molecule has 0 amide bonds. The number of carboxylic acids is 1. The van der Waals surface area contributed by atoms with Crippen LogP contribution in [0.1, 0.15) is 20.8 Å². The van der Waals surface area contributed by atoms with Crippen molar-refractivity contribution in [1.29, 1.82) is 0 Å². The van der Waals surface area contributed by atoms with Gasteiger partial charge in [-0.2, -0.15) is 12.6 Å². The Kier molecular flexibility index (Phi) is 4.31. The zero-order valence-electron chi connectivity index (χ0n) is 7.44. The summed E-state index contributed by atoms with van der Waals surface area (Å²) in [5, 5.41) is 8.29. The SMILES string of the molecule is CC(=O)C(C(=O)O)C(S)C(C)C. The van der Waals surface area contributed by atoms with Crippen LogP contribution in [0, 0.1) is 11.8 Å². The normalized spacial score (nSPS) is 15.8. The first-order valence-corrected chi connectivity index (χ1v) is 4.31. The second kappa shape index (κ2) is 4.50. The molecule has 4 heteroatoms. The largest absolute Gasteiger partial charge is 0.481 e. The Labute approximate surface area is 77.6 Å². The molecule has 0 spiro atoms. The van der Waals surface area contributed by atoms with Gasteiger partial charge in [-0.15, -0.1) is 0 Å². The fourth-order valence-electron chi connectivity index (χ4n) is 0.945. The molecule has 0 aliphatic carbocycles. The maximum Gasteiger partial charge on any atom is 0.315 e. The molecule has 0 aromatic carbocycles. The molecule has 0 saturated carbocycles. The van der Waals surface area contributed by atoms with Crippen LogP contribution in [0.5, 0.6) is 0 Å². The standard InChI is InChI=1S/C8H14O3S/c1-4(2)7(12)6(5(3)9)8(10)11/h4,6-7,12H,1-3H3,(H,10,11). The van der Waals surface area contributed by atoms with Crippen molar-refractivity contribution in [2.75, 3.05) is 0 Å². The van der Waals surface area contributed by atoms with Gasteiger partial charge in [-0.1, -0.05) is 13.8 Å². The molecule has 2 unspecified atom stereocenters. The highest BCUT2D eigenvalue weighted by Gasteiger charge is 2.31. The molecule has 0 aliphatic rings. The van der Waals surface area contributed by atoms with E-state index in [0.29, 0.717) is 0 Å². The highest BCUT2D eigenvalue weighted by atomic mass is 32.1. The van der Waals surface area contributed by atoms with Crippen molar-refractivity contribution in [3.63, 3.8) is 0 Å². The van der Waals surface area contributed by atoms with Crippen LogP contribution in [0.3, 0.4) is 0 Å². The molecular weight excluding hydrogens is 176 g/mol. The van der Waals surface area contributed by atoms with Crippen molar-refractivity contribution >= 4 is 24.4 Å². The van der Waals surface area contributed by atoms with Crippen LogP contribution in [0.15, 0.2) is 0 Å². The molecule has 0 heterocycles. The molecule has 1 N–H and O–H groups in total. The maximum absolute atomic E-state index is 10.9. The van der Waals surface area contributed by atoms with Gasteiger partial charge in [0, 0.05) is 5.25 Å². The lowest BCUT2D eigenvalue weighted by Crippen LogP contribution is -2.33. The van der Waals surface area contributed by atoms with E-state index >= 15 is 0 Å². The summed E-state index contributed by atoms with van der Waals surface area (Å²) in [5.74, 6) is -2.32. The van der Waals surface area contributed by atoms with Gasteiger partial charge in [0.2, 0.25) is 0 Å². The molecule has 0 fully saturated rings. The van der Waals surface area contributed by atoms with E-state index in [1.807, 2.05) is 13.8 Å². The van der Waals surface area contributed by atoms with E-state index in [0.717, 1.165) is 0 Å². The minimum absolute atomic E-state index is 0.0818.